The fourth-order valence-corrected chi connectivity index (χ4v) is 6.95. The molecule has 0 fully saturated rings. The minimum atomic E-state index is 0.852. The van der Waals surface area contributed by atoms with Crippen molar-refractivity contribution in [1.29, 1.82) is 0 Å². The van der Waals surface area contributed by atoms with E-state index in [1.165, 1.54) is 121 Å². The number of nitrogens with zero attached hydrogens (tertiary/aromatic N) is 4. The highest BCUT2D eigenvalue weighted by molar-refractivity contribution is 6.15. The van der Waals surface area contributed by atoms with Crippen LogP contribution >= 0.6 is 0 Å². The second-order valence-electron chi connectivity index (χ2n) is 13.6. The van der Waals surface area contributed by atoms with Crippen LogP contribution in [0.3, 0.4) is 0 Å². The number of hydrogen-bond acceptors (Lipinski definition) is 4. The van der Waals surface area contributed by atoms with E-state index in [1.54, 1.807) is 0 Å². The van der Waals surface area contributed by atoms with Crippen LogP contribution in [0.25, 0.3) is 0 Å². The largest absolute Gasteiger partial charge is 0.249 e. The summed E-state index contributed by atoms with van der Waals surface area (Å²) in [4.78, 5) is 19.5. The van der Waals surface area contributed by atoms with Crippen LogP contribution in [0.2, 0.25) is 0 Å². The summed E-state index contributed by atoms with van der Waals surface area (Å²) in [7, 11) is 0. The Kier molecular flexibility index (Phi) is 13.8. The van der Waals surface area contributed by atoms with E-state index in [2.05, 4.69) is 56.4 Å². The molecule has 0 amide bonds. The molecule has 0 aliphatic carbocycles. The fourth-order valence-electron chi connectivity index (χ4n) is 6.95. The third kappa shape index (κ3) is 11.1. The lowest BCUT2D eigenvalue weighted by Gasteiger charge is -2.17. The van der Waals surface area contributed by atoms with Gasteiger partial charge in [-0.2, -0.15) is 0 Å². The van der Waals surface area contributed by atoms with Crippen molar-refractivity contribution in [2.24, 2.45) is 25.9 Å². The highest BCUT2D eigenvalue weighted by atomic mass is 14.8. The van der Waals surface area contributed by atoms with Gasteiger partial charge in [-0.05, 0) is 91.2 Å². The second-order valence-corrected chi connectivity index (χ2v) is 13.6. The van der Waals surface area contributed by atoms with Crippen molar-refractivity contribution in [3.05, 3.63) is 95.2 Å². The van der Waals surface area contributed by atoms with Crippen LogP contribution in [0.1, 0.15) is 136 Å². The van der Waals surface area contributed by atoms with Gasteiger partial charge in [0.25, 0.3) is 0 Å². The van der Waals surface area contributed by atoms with E-state index in [0.29, 0.717) is 0 Å². The van der Waals surface area contributed by atoms with Crippen LogP contribution in [0.4, 0.5) is 0 Å². The van der Waals surface area contributed by atoms with E-state index in [9.17, 15) is 0 Å². The number of hydrogen-bond donors (Lipinski definition) is 0. The molecule has 5 aliphatic heterocycles. The van der Waals surface area contributed by atoms with E-state index in [0.717, 1.165) is 58.0 Å². The predicted octanol–water partition coefficient (Wildman–Crippen LogP) is 12.0. The lowest BCUT2D eigenvalue weighted by Crippen LogP contribution is -2.02. The Morgan fingerprint density at radius 2 is 0.848 bits per heavy atom. The van der Waals surface area contributed by atoms with Gasteiger partial charge < -0.3 is 0 Å². The van der Waals surface area contributed by atoms with Gasteiger partial charge in [-0.25, -0.2) is 20.0 Å². The van der Waals surface area contributed by atoms with Crippen LogP contribution in [0, 0.1) is 5.92 Å². The molecule has 0 saturated heterocycles. The third-order valence-corrected chi connectivity index (χ3v) is 9.61. The molecule has 0 spiro atoms. The molecule has 0 aromatic rings. The lowest BCUT2D eigenvalue weighted by molar-refractivity contribution is 0.372. The number of allylic oxidation sites excluding steroid dienone is 12. The Hall–Kier alpha value is -3.40. The molecule has 5 rings (SSSR count). The first-order valence-corrected chi connectivity index (χ1v) is 18.7. The SMILES string of the molecule is CCCCCCCCCCC(CCCCCCCC)CCCC1=CC2=NC1=CC1=NC(=CC3=NC(=CC4=NC(=C2)C=C4)C=C3)C=C1. The quantitative estimate of drug-likeness (QED) is 0.122. The maximum absolute atomic E-state index is 5.07. The molecule has 0 saturated carbocycles. The molecule has 0 N–H and O–H groups in total. The van der Waals surface area contributed by atoms with Gasteiger partial charge in [-0.15, -0.1) is 0 Å². The molecule has 4 heteroatoms. The Morgan fingerprint density at radius 1 is 0.413 bits per heavy atom. The molecule has 46 heavy (non-hydrogen) atoms. The average molecular weight is 617 g/mol. The average Bonchev–Trinajstić information content (AvgIpc) is 3.86. The summed E-state index contributed by atoms with van der Waals surface area (Å²) in [6.07, 6.45) is 49.0. The monoisotopic (exact) mass is 616 g/mol. The molecule has 4 nitrogen and oxygen atoms in total. The molecular weight excluding hydrogens is 560 g/mol. The fraction of sp³-hybridized carbons (Fsp3) is 0.524. The first-order valence-electron chi connectivity index (χ1n) is 18.7. The lowest BCUT2D eigenvalue weighted by atomic mass is 9.89. The topological polar surface area (TPSA) is 49.4 Å². The molecule has 1 atom stereocenters. The minimum absolute atomic E-state index is 0.852. The minimum Gasteiger partial charge on any atom is -0.249 e. The molecule has 5 heterocycles. The van der Waals surface area contributed by atoms with Crippen molar-refractivity contribution in [3.63, 3.8) is 0 Å². The summed E-state index contributed by atoms with van der Waals surface area (Å²) < 4.78 is 0. The van der Waals surface area contributed by atoms with Crippen LogP contribution in [0.5, 0.6) is 0 Å². The van der Waals surface area contributed by atoms with Gasteiger partial charge in [-0.1, -0.05) is 123 Å². The number of rotatable bonds is 20. The predicted molar refractivity (Wildman–Crippen MR) is 200 cm³/mol. The summed E-state index contributed by atoms with van der Waals surface area (Å²) >= 11 is 0. The second kappa shape index (κ2) is 18.7. The Balaban J connectivity index is 1.21. The Labute approximate surface area is 279 Å². The van der Waals surface area contributed by atoms with Crippen LogP contribution < -0.4 is 0 Å². The Morgan fingerprint density at radius 3 is 1.37 bits per heavy atom. The first-order chi connectivity index (χ1) is 22.7. The molecule has 0 aromatic carbocycles. The zero-order valence-electron chi connectivity index (χ0n) is 28.7. The molecule has 244 valence electrons. The van der Waals surface area contributed by atoms with Gasteiger partial charge in [0.2, 0.25) is 0 Å². The van der Waals surface area contributed by atoms with E-state index < -0.39 is 0 Å². The molecule has 0 aromatic heterocycles. The van der Waals surface area contributed by atoms with Crippen molar-refractivity contribution < 1.29 is 0 Å². The van der Waals surface area contributed by atoms with E-state index in [-0.39, 0.29) is 0 Å². The summed E-state index contributed by atoms with van der Waals surface area (Å²) in [5, 5.41) is 0. The van der Waals surface area contributed by atoms with E-state index in [1.807, 2.05) is 24.3 Å². The van der Waals surface area contributed by atoms with Crippen molar-refractivity contribution in [2.75, 3.05) is 0 Å². The molecule has 0 radical (unpaired) electrons. The summed E-state index contributed by atoms with van der Waals surface area (Å²) in [5.41, 5.74) is 8.91. The third-order valence-electron chi connectivity index (χ3n) is 9.61. The maximum atomic E-state index is 5.07. The number of fused-ring (bicyclic) bond motifs is 4. The van der Waals surface area contributed by atoms with Gasteiger partial charge in [-0.3, -0.25) is 0 Å². The Bertz CT molecular complexity index is 1430. The van der Waals surface area contributed by atoms with Gasteiger partial charge in [0.05, 0.1) is 45.6 Å². The highest BCUT2D eigenvalue weighted by Crippen LogP contribution is 2.30. The van der Waals surface area contributed by atoms with Crippen molar-refractivity contribution in [1.82, 2.24) is 0 Å². The summed E-state index contributed by atoms with van der Waals surface area (Å²) in [5.74, 6) is 0.852. The van der Waals surface area contributed by atoms with Crippen molar-refractivity contribution in [2.45, 2.75) is 136 Å². The van der Waals surface area contributed by atoms with Crippen LogP contribution in [-0.2, 0) is 0 Å². The zero-order chi connectivity index (χ0) is 31.8. The zero-order valence-corrected chi connectivity index (χ0v) is 28.7. The number of aliphatic imine (C=N–C) groups is 4. The standard InChI is InChI=1S/C42H56N4/c1-3-5-7-9-11-12-14-16-19-33(18-15-13-10-8-6-4-2)20-17-21-34-28-41-31-39-25-24-37(44-39)29-35-22-23-36(43-35)30-38-26-27-40(45-38)32-42(34)46-41/h22-33H,3-21H2,1-2H3. The molecule has 1 unspecified atom stereocenters. The van der Waals surface area contributed by atoms with Crippen molar-refractivity contribution >= 4 is 22.8 Å². The normalized spacial score (nSPS) is 18.5. The van der Waals surface area contributed by atoms with Crippen LogP contribution in [-0.4, -0.2) is 22.8 Å². The van der Waals surface area contributed by atoms with Gasteiger partial charge in [0.15, 0.2) is 0 Å². The van der Waals surface area contributed by atoms with Gasteiger partial charge >= 0.3 is 0 Å². The van der Waals surface area contributed by atoms with Gasteiger partial charge in [0.1, 0.15) is 0 Å². The number of unbranched alkanes of at least 4 members (excludes halogenated alkanes) is 12. The smallest absolute Gasteiger partial charge is 0.0691 e. The van der Waals surface area contributed by atoms with Crippen LogP contribution in [0.15, 0.2) is 115 Å². The highest BCUT2D eigenvalue weighted by Gasteiger charge is 2.18. The summed E-state index contributed by atoms with van der Waals surface area (Å²) in [6, 6.07) is 0. The van der Waals surface area contributed by atoms with E-state index in [4.69, 9.17) is 20.0 Å². The van der Waals surface area contributed by atoms with E-state index >= 15 is 0 Å². The first kappa shape index (κ1) is 33.9. The molecule has 8 bridgehead atoms. The summed E-state index contributed by atoms with van der Waals surface area (Å²) in [6.45, 7) is 4.61. The molecule has 5 aliphatic rings. The maximum Gasteiger partial charge on any atom is 0.0691 e. The van der Waals surface area contributed by atoms with Gasteiger partial charge in [0, 0.05) is 0 Å². The van der Waals surface area contributed by atoms with Crippen molar-refractivity contribution in [3.8, 4) is 0 Å². The molecular formula is C42H56N4.